The summed E-state index contributed by atoms with van der Waals surface area (Å²) in [5.41, 5.74) is 2.10. The maximum absolute atomic E-state index is 12.8. The van der Waals surface area contributed by atoms with E-state index in [1.54, 1.807) is 25.1 Å². The SMILES string of the molecule is CC1CCC2(CC1)NC(=O)N(NC(=O)CCN1C(=O)C(C)Oc3ccccc31)C2=O. The lowest BCUT2D eigenvalue weighted by molar-refractivity contribution is -0.140. The summed E-state index contributed by atoms with van der Waals surface area (Å²) in [5.74, 6) is -0.0713. The van der Waals surface area contributed by atoms with Crippen LogP contribution in [0.4, 0.5) is 10.5 Å². The minimum atomic E-state index is -0.911. The van der Waals surface area contributed by atoms with Crippen molar-refractivity contribution in [3.63, 3.8) is 0 Å². The number of fused-ring (bicyclic) bond motifs is 1. The van der Waals surface area contributed by atoms with Gasteiger partial charge in [-0.2, -0.15) is 5.01 Å². The fourth-order valence-corrected chi connectivity index (χ4v) is 4.30. The first-order valence-corrected chi connectivity index (χ1v) is 10.3. The smallest absolute Gasteiger partial charge is 0.344 e. The van der Waals surface area contributed by atoms with Crippen molar-refractivity contribution in [1.82, 2.24) is 15.8 Å². The van der Waals surface area contributed by atoms with Gasteiger partial charge in [0.25, 0.3) is 11.8 Å². The highest BCUT2D eigenvalue weighted by Gasteiger charge is 2.52. The number of ether oxygens (including phenoxy) is 1. The maximum Gasteiger partial charge on any atom is 0.344 e. The Hall–Kier alpha value is -3.10. The fourth-order valence-electron chi connectivity index (χ4n) is 4.30. The van der Waals surface area contributed by atoms with Crippen molar-refractivity contribution in [3.05, 3.63) is 24.3 Å². The van der Waals surface area contributed by atoms with Gasteiger partial charge in [0.05, 0.1) is 5.69 Å². The van der Waals surface area contributed by atoms with Crippen LogP contribution in [0.3, 0.4) is 0 Å². The Kier molecular flexibility index (Phi) is 5.13. The summed E-state index contributed by atoms with van der Waals surface area (Å²) in [5, 5.41) is 3.56. The third kappa shape index (κ3) is 3.48. The highest BCUT2D eigenvalue weighted by atomic mass is 16.5. The highest BCUT2D eigenvalue weighted by Crippen LogP contribution is 2.36. The molecular weight excluding hydrogens is 388 g/mol. The Labute approximate surface area is 174 Å². The number of carbonyl (C=O) groups is 4. The molecule has 0 radical (unpaired) electrons. The number of anilines is 1. The molecule has 3 aliphatic rings. The van der Waals surface area contributed by atoms with Gasteiger partial charge in [-0.1, -0.05) is 19.1 Å². The van der Waals surface area contributed by atoms with Crippen molar-refractivity contribution >= 4 is 29.4 Å². The first-order valence-electron chi connectivity index (χ1n) is 10.3. The topological polar surface area (TPSA) is 108 Å². The van der Waals surface area contributed by atoms with E-state index in [2.05, 4.69) is 17.7 Å². The number of amides is 5. The first-order chi connectivity index (χ1) is 14.3. The number of nitrogens with one attached hydrogen (secondary N) is 2. The van der Waals surface area contributed by atoms with E-state index in [0.717, 1.165) is 17.9 Å². The number of hydrogen-bond acceptors (Lipinski definition) is 5. The molecule has 4 rings (SSSR count). The average molecular weight is 414 g/mol. The van der Waals surface area contributed by atoms with Crippen molar-refractivity contribution in [3.8, 4) is 5.75 Å². The van der Waals surface area contributed by atoms with Gasteiger partial charge < -0.3 is 15.0 Å². The second-order valence-electron chi connectivity index (χ2n) is 8.34. The summed E-state index contributed by atoms with van der Waals surface area (Å²) in [6.45, 7) is 3.89. The molecule has 1 atom stereocenters. The molecule has 1 aromatic carbocycles. The van der Waals surface area contributed by atoms with Crippen LogP contribution in [0.1, 0.15) is 46.0 Å². The third-order valence-corrected chi connectivity index (χ3v) is 6.16. The average Bonchev–Trinajstić information content (AvgIpc) is 2.95. The molecule has 30 heavy (non-hydrogen) atoms. The van der Waals surface area contributed by atoms with Gasteiger partial charge in [-0.05, 0) is 50.7 Å². The monoisotopic (exact) mass is 414 g/mol. The maximum atomic E-state index is 12.8. The number of hydrazine groups is 1. The number of rotatable bonds is 4. The number of hydrogen-bond donors (Lipinski definition) is 2. The zero-order valence-corrected chi connectivity index (χ0v) is 17.1. The van der Waals surface area contributed by atoms with E-state index in [1.165, 1.54) is 4.90 Å². The summed E-state index contributed by atoms with van der Waals surface area (Å²) in [6.07, 6.45) is 2.13. The van der Waals surface area contributed by atoms with Crippen LogP contribution in [0.2, 0.25) is 0 Å². The fraction of sp³-hybridized carbons (Fsp3) is 0.524. The Bertz CT molecular complexity index is 893. The van der Waals surface area contributed by atoms with Crippen LogP contribution < -0.4 is 20.4 Å². The molecule has 9 heteroatoms. The first kappa shape index (κ1) is 20.2. The molecule has 1 spiro atoms. The summed E-state index contributed by atoms with van der Waals surface area (Å²) < 4.78 is 5.59. The van der Waals surface area contributed by atoms with E-state index < -0.39 is 29.5 Å². The van der Waals surface area contributed by atoms with Crippen LogP contribution in [0.25, 0.3) is 0 Å². The number of benzene rings is 1. The zero-order valence-electron chi connectivity index (χ0n) is 17.1. The molecule has 2 heterocycles. The number of nitrogens with zero attached hydrogens (tertiary/aromatic N) is 2. The summed E-state index contributed by atoms with van der Waals surface area (Å²) in [7, 11) is 0. The van der Waals surface area contributed by atoms with Crippen molar-refractivity contribution < 1.29 is 23.9 Å². The van der Waals surface area contributed by atoms with Gasteiger partial charge in [0.15, 0.2) is 6.10 Å². The van der Waals surface area contributed by atoms with Crippen LogP contribution in [0.5, 0.6) is 5.75 Å². The number of urea groups is 1. The lowest BCUT2D eigenvalue weighted by Gasteiger charge is -2.33. The van der Waals surface area contributed by atoms with Crippen molar-refractivity contribution in [2.45, 2.75) is 57.6 Å². The molecule has 1 saturated heterocycles. The molecule has 2 fully saturated rings. The van der Waals surface area contributed by atoms with Gasteiger partial charge in [0.2, 0.25) is 5.91 Å². The normalized spacial score (nSPS) is 28.3. The second-order valence-corrected chi connectivity index (χ2v) is 8.34. The van der Waals surface area contributed by atoms with Crippen LogP contribution in [-0.4, -0.2) is 46.9 Å². The minimum absolute atomic E-state index is 0.0616. The van der Waals surface area contributed by atoms with E-state index in [4.69, 9.17) is 4.74 Å². The van der Waals surface area contributed by atoms with E-state index >= 15 is 0 Å². The predicted molar refractivity (Wildman–Crippen MR) is 107 cm³/mol. The van der Waals surface area contributed by atoms with Gasteiger partial charge in [0.1, 0.15) is 11.3 Å². The molecule has 160 valence electrons. The number of carbonyl (C=O) groups excluding carboxylic acids is 4. The molecule has 1 aromatic rings. The van der Waals surface area contributed by atoms with Crippen molar-refractivity contribution in [1.29, 1.82) is 0 Å². The molecular formula is C21H26N4O5. The molecule has 2 N–H and O–H groups in total. The third-order valence-electron chi connectivity index (χ3n) is 6.16. The van der Waals surface area contributed by atoms with Crippen LogP contribution in [0, 0.1) is 5.92 Å². The van der Waals surface area contributed by atoms with E-state index in [9.17, 15) is 19.2 Å². The van der Waals surface area contributed by atoms with Gasteiger partial charge in [-0.3, -0.25) is 19.8 Å². The van der Waals surface area contributed by atoms with Crippen LogP contribution in [0.15, 0.2) is 24.3 Å². The molecule has 1 aliphatic carbocycles. The van der Waals surface area contributed by atoms with Gasteiger partial charge in [-0.25, -0.2) is 4.79 Å². The van der Waals surface area contributed by atoms with Crippen molar-refractivity contribution in [2.24, 2.45) is 5.92 Å². The Morgan fingerprint density at radius 1 is 1.20 bits per heavy atom. The Balaban J connectivity index is 1.39. The molecule has 9 nitrogen and oxygen atoms in total. The van der Waals surface area contributed by atoms with E-state index in [1.807, 2.05) is 6.07 Å². The van der Waals surface area contributed by atoms with Crippen LogP contribution in [-0.2, 0) is 14.4 Å². The van der Waals surface area contributed by atoms with Gasteiger partial charge in [0, 0.05) is 13.0 Å². The lowest BCUT2D eigenvalue weighted by Crippen LogP contribution is -2.52. The van der Waals surface area contributed by atoms with E-state index in [-0.39, 0.29) is 18.9 Å². The minimum Gasteiger partial charge on any atom is -0.479 e. The Morgan fingerprint density at radius 3 is 2.63 bits per heavy atom. The number of para-hydroxylation sites is 2. The van der Waals surface area contributed by atoms with Gasteiger partial charge >= 0.3 is 6.03 Å². The quantitative estimate of drug-likeness (QED) is 0.730. The molecule has 0 aromatic heterocycles. The largest absolute Gasteiger partial charge is 0.479 e. The standard InChI is InChI=1S/C21H26N4O5/c1-13-7-10-21(11-8-13)19(28)25(20(29)22-21)23-17(26)9-12-24-15-5-3-4-6-16(15)30-14(2)18(24)27/h3-6,13-14H,7-12H2,1-2H3,(H,22,29)(H,23,26). The zero-order chi connectivity index (χ0) is 21.5. The molecule has 0 bridgehead atoms. The molecule has 1 unspecified atom stereocenters. The molecule has 1 saturated carbocycles. The summed E-state index contributed by atoms with van der Waals surface area (Å²) in [6, 6.07) is 6.51. The molecule has 2 aliphatic heterocycles. The lowest BCUT2D eigenvalue weighted by atomic mass is 9.77. The second kappa shape index (κ2) is 7.62. The Morgan fingerprint density at radius 2 is 1.90 bits per heavy atom. The predicted octanol–water partition coefficient (Wildman–Crippen LogP) is 1.72. The van der Waals surface area contributed by atoms with E-state index in [0.29, 0.717) is 30.2 Å². The highest BCUT2D eigenvalue weighted by molar-refractivity contribution is 6.08. The van der Waals surface area contributed by atoms with Gasteiger partial charge in [-0.15, -0.1) is 0 Å². The van der Waals surface area contributed by atoms with Crippen molar-refractivity contribution in [2.75, 3.05) is 11.4 Å². The summed E-state index contributed by atoms with van der Waals surface area (Å²) >= 11 is 0. The molecule has 5 amide bonds. The summed E-state index contributed by atoms with van der Waals surface area (Å²) in [4.78, 5) is 51.7. The van der Waals surface area contributed by atoms with Crippen LogP contribution >= 0.6 is 0 Å². The number of imide groups is 1.